The number of morpholine rings is 1. The SMILES string of the molecule is Cn1c(=O)c(C(=O)NCC(=O)O)c(O)c2cc(CNC(=O)CNC(=O)[C@H](Cc3ccccc3)NC(=O)CCN3CCOCC3)ccc21. The van der Waals surface area contributed by atoms with Gasteiger partial charge in [0.2, 0.25) is 17.7 Å². The van der Waals surface area contributed by atoms with E-state index in [4.69, 9.17) is 9.84 Å². The van der Waals surface area contributed by atoms with Crippen molar-refractivity contribution in [3.05, 3.63) is 75.6 Å². The number of nitrogens with zero attached hydrogens (tertiary/aromatic N) is 2. The average molecular weight is 651 g/mol. The van der Waals surface area contributed by atoms with Crippen LogP contribution in [-0.2, 0) is 43.9 Å². The van der Waals surface area contributed by atoms with E-state index in [9.17, 15) is 33.9 Å². The van der Waals surface area contributed by atoms with E-state index in [0.29, 0.717) is 30.8 Å². The molecule has 15 heteroatoms. The van der Waals surface area contributed by atoms with Gasteiger partial charge in [0.1, 0.15) is 23.9 Å². The zero-order chi connectivity index (χ0) is 33.9. The van der Waals surface area contributed by atoms with E-state index in [1.54, 1.807) is 6.07 Å². The van der Waals surface area contributed by atoms with Crippen LogP contribution < -0.4 is 26.8 Å². The molecular weight excluding hydrogens is 612 g/mol. The van der Waals surface area contributed by atoms with Crippen LogP contribution in [0.2, 0.25) is 0 Å². The molecule has 0 bridgehead atoms. The van der Waals surface area contributed by atoms with E-state index in [2.05, 4.69) is 26.2 Å². The first-order valence-electron chi connectivity index (χ1n) is 15.1. The fraction of sp³-hybridized carbons (Fsp3) is 0.375. The lowest BCUT2D eigenvalue weighted by atomic mass is 10.0. The van der Waals surface area contributed by atoms with Crippen LogP contribution in [0.5, 0.6) is 5.75 Å². The first-order valence-corrected chi connectivity index (χ1v) is 15.1. The summed E-state index contributed by atoms with van der Waals surface area (Å²) in [5, 5.41) is 29.8. The van der Waals surface area contributed by atoms with Crippen molar-refractivity contribution in [1.82, 2.24) is 30.7 Å². The summed E-state index contributed by atoms with van der Waals surface area (Å²) < 4.78 is 6.48. The number of aromatic hydroxyl groups is 1. The third kappa shape index (κ3) is 9.61. The van der Waals surface area contributed by atoms with Crippen molar-refractivity contribution in [3.63, 3.8) is 0 Å². The normalized spacial score (nSPS) is 13.8. The molecule has 2 aromatic carbocycles. The molecule has 0 radical (unpaired) electrons. The molecule has 2 heterocycles. The van der Waals surface area contributed by atoms with Crippen LogP contribution in [0.4, 0.5) is 0 Å². The number of hydrogen-bond donors (Lipinski definition) is 6. The van der Waals surface area contributed by atoms with Crippen LogP contribution in [0.1, 0.15) is 27.9 Å². The van der Waals surface area contributed by atoms with Crippen LogP contribution in [0.25, 0.3) is 10.9 Å². The van der Waals surface area contributed by atoms with Gasteiger partial charge in [0.25, 0.3) is 11.5 Å². The van der Waals surface area contributed by atoms with Crippen LogP contribution >= 0.6 is 0 Å². The number of pyridine rings is 1. The van der Waals surface area contributed by atoms with Crippen molar-refractivity contribution in [2.45, 2.75) is 25.4 Å². The molecule has 0 aliphatic carbocycles. The molecule has 15 nitrogen and oxygen atoms in total. The Kier molecular flexibility index (Phi) is 12.0. The van der Waals surface area contributed by atoms with Crippen LogP contribution in [0.15, 0.2) is 53.3 Å². The third-order valence-electron chi connectivity index (χ3n) is 7.67. The number of carbonyl (C=O) groups excluding carboxylic acids is 4. The Labute approximate surface area is 269 Å². The second kappa shape index (κ2) is 16.3. The molecule has 250 valence electrons. The van der Waals surface area contributed by atoms with E-state index < -0.39 is 53.1 Å². The molecule has 6 N–H and O–H groups in total. The van der Waals surface area contributed by atoms with Crippen LogP contribution in [0.3, 0.4) is 0 Å². The molecule has 1 saturated heterocycles. The van der Waals surface area contributed by atoms with Gasteiger partial charge in [-0.1, -0.05) is 36.4 Å². The predicted octanol–water partition coefficient (Wildman–Crippen LogP) is -0.759. The first-order chi connectivity index (χ1) is 22.5. The number of aryl methyl sites for hydroxylation is 1. The smallest absolute Gasteiger partial charge is 0.322 e. The highest BCUT2D eigenvalue weighted by atomic mass is 16.5. The summed E-state index contributed by atoms with van der Waals surface area (Å²) in [5.41, 5.74) is 0.237. The van der Waals surface area contributed by atoms with Crippen LogP contribution in [-0.4, -0.2) is 101 Å². The van der Waals surface area contributed by atoms with Gasteiger partial charge in [-0.25, -0.2) is 0 Å². The number of aromatic nitrogens is 1. The standard InChI is InChI=1S/C32H38N6O9/c1-37-24-8-7-21(15-22(24)29(43)28(32(37)46)31(45)35-19-27(41)42)17-33-26(40)18-34-30(44)23(16-20-5-3-2-4-6-20)36-25(39)9-10-38-11-13-47-14-12-38/h2-8,15,23,43H,9-14,16-19H2,1H3,(H,33,40)(H,34,44)(H,35,45)(H,36,39)(H,41,42)/t23-/m0/s1. The Morgan fingerprint density at radius 3 is 2.34 bits per heavy atom. The quantitative estimate of drug-likeness (QED) is 0.129. The first kappa shape index (κ1) is 34.6. The monoisotopic (exact) mass is 650 g/mol. The Morgan fingerprint density at radius 2 is 1.64 bits per heavy atom. The average Bonchev–Trinajstić information content (AvgIpc) is 3.07. The molecule has 0 spiro atoms. The fourth-order valence-corrected chi connectivity index (χ4v) is 5.10. The molecule has 1 aliphatic heterocycles. The number of benzene rings is 2. The molecular formula is C32H38N6O9. The summed E-state index contributed by atoms with van der Waals surface area (Å²) in [5.74, 6) is -4.30. The van der Waals surface area contributed by atoms with Crippen molar-refractivity contribution in [2.75, 3.05) is 45.9 Å². The predicted molar refractivity (Wildman–Crippen MR) is 170 cm³/mol. The number of hydrogen-bond acceptors (Lipinski definition) is 9. The molecule has 1 atom stereocenters. The highest BCUT2D eigenvalue weighted by Gasteiger charge is 2.24. The van der Waals surface area contributed by atoms with Crippen LogP contribution in [0, 0.1) is 0 Å². The van der Waals surface area contributed by atoms with Gasteiger partial charge >= 0.3 is 5.97 Å². The van der Waals surface area contributed by atoms with Gasteiger partial charge in [-0.2, -0.15) is 0 Å². The van der Waals surface area contributed by atoms with E-state index >= 15 is 0 Å². The molecule has 3 aromatic rings. The van der Waals surface area contributed by atoms with Gasteiger partial charge in [-0.15, -0.1) is 0 Å². The van der Waals surface area contributed by atoms with Gasteiger partial charge < -0.3 is 40.8 Å². The number of nitrogens with one attached hydrogen (secondary N) is 4. The summed E-state index contributed by atoms with van der Waals surface area (Å²) in [7, 11) is 1.40. The summed E-state index contributed by atoms with van der Waals surface area (Å²) in [4.78, 5) is 76.7. The zero-order valence-corrected chi connectivity index (χ0v) is 25.9. The number of ether oxygens (including phenoxy) is 1. The van der Waals surface area contributed by atoms with Crippen molar-refractivity contribution in [2.24, 2.45) is 7.05 Å². The summed E-state index contributed by atoms with van der Waals surface area (Å²) in [6.45, 7) is 2.13. The molecule has 0 saturated carbocycles. The fourth-order valence-electron chi connectivity index (χ4n) is 5.10. The number of aliphatic carboxylic acids is 1. The molecule has 1 aromatic heterocycles. The van der Waals surface area contributed by atoms with E-state index in [0.717, 1.165) is 23.2 Å². The maximum atomic E-state index is 13.1. The number of carboxylic acid groups (broad SMARTS) is 1. The largest absolute Gasteiger partial charge is 0.506 e. The molecule has 1 fully saturated rings. The molecule has 47 heavy (non-hydrogen) atoms. The third-order valence-corrected chi connectivity index (χ3v) is 7.67. The Balaban J connectivity index is 1.36. The van der Waals surface area contributed by atoms with Gasteiger partial charge in [-0.05, 0) is 23.3 Å². The van der Waals surface area contributed by atoms with Gasteiger partial charge in [0.05, 0.1) is 25.3 Å². The van der Waals surface area contributed by atoms with Crippen molar-refractivity contribution in [3.8, 4) is 5.75 Å². The Bertz CT molecular complexity index is 1690. The zero-order valence-electron chi connectivity index (χ0n) is 25.9. The van der Waals surface area contributed by atoms with Crippen molar-refractivity contribution in [1.29, 1.82) is 0 Å². The molecule has 1 aliphatic rings. The number of carbonyl (C=O) groups is 5. The van der Waals surface area contributed by atoms with Gasteiger partial charge in [-0.3, -0.25) is 33.7 Å². The summed E-state index contributed by atoms with van der Waals surface area (Å²) in [6, 6.07) is 12.9. The van der Waals surface area contributed by atoms with E-state index in [1.807, 2.05) is 30.3 Å². The number of carboxylic acids is 1. The second-order valence-corrected chi connectivity index (χ2v) is 11.0. The maximum Gasteiger partial charge on any atom is 0.322 e. The lowest BCUT2D eigenvalue weighted by Gasteiger charge is -2.26. The van der Waals surface area contributed by atoms with Gasteiger partial charge in [0, 0.05) is 51.5 Å². The number of fused-ring (bicyclic) bond motifs is 1. The Morgan fingerprint density at radius 1 is 0.915 bits per heavy atom. The van der Waals surface area contributed by atoms with Gasteiger partial charge in [0.15, 0.2) is 0 Å². The maximum absolute atomic E-state index is 13.1. The van der Waals surface area contributed by atoms with E-state index in [-0.39, 0.29) is 37.2 Å². The van der Waals surface area contributed by atoms with E-state index in [1.165, 1.54) is 19.2 Å². The van der Waals surface area contributed by atoms with Crippen molar-refractivity contribution < 1.29 is 38.9 Å². The lowest BCUT2D eigenvalue weighted by molar-refractivity contribution is -0.135. The topological polar surface area (TPSA) is 208 Å². The lowest BCUT2D eigenvalue weighted by Crippen LogP contribution is -2.50. The highest BCUT2D eigenvalue weighted by Crippen LogP contribution is 2.27. The summed E-state index contributed by atoms with van der Waals surface area (Å²) >= 11 is 0. The van der Waals surface area contributed by atoms with Crippen molar-refractivity contribution >= 4 is 40.5 Å². The second-order valence-electron chi connectivity index (χ2n) is 11.0. The number of amides is 4. The molecule has 0 unspecified atom stereocenters. The minimum Gasteiger partial charge on any atom is -0.506 e. The molecule has 4 amide bonds. The highest BCUT2D eigenvalue weighted by molar-refractivity contribution is 6.03. The minimum absolute atomic E-state index is 0.0147. The minimum atomic E-state index is -1.32. The number of rotatable bonds is 14. The Hall–Kier alpha value is -5.28. The summed E-state index contributed by atoms with van der Waals surface area (Å²) in [6.07, 6.45) is 0.444. The molecule has 4 rings (SSSR count).